The molecule has 0 N–H and O–H groups in total. The molecule has 0 amide bonds. The van der Waals surface area contributed by atoms with Gasteiger partial charge in [-0.05, 0) is 37.7 Å². The summed E-state index contributed by atoms with van der Waals surface area (Å²) in [6.07, 6.45) is 6.66. The zero-order valence-electron chi connectivity index (χ0n) is 9.91. The van der Waals surface area contributed by atoms with Gasteiger partial charge in [0.2, 0.25) is 5.88 Å². The molecule has 5 heteroatoms. The molecule has 1 fully saturated rings. The number of aromatic nitrogens is 4. The van der Waals surface area contributed by atoms with E-state index in [0.717, 1.165) is 24.4 Å². The molecule has 1 aliphatic rings. The fourth-order valence-corrected chi connectivity index (χ4v) is 2.29. The molecule has 90 valence electrons. The maximum Gasteiger partial charge on any atom is 0.232 e. The normalized spacial score (nSPS) is 25.0. The van der Waals surface area contributed by atoms with Crippen molar-refractivity contribution < 1.29 is 4.74 Å². The summed E-state index contributed by atoms with van der Waals surface area (Å²) in [5, 5.41) is 12.0. The first-order valence-corrected chi connectivity index (χ1v) is 6.15. The van der Waals surface area contributed by atoms with Crippen LogP contribution in [-0.2, 0) is 0 Å². The van der Waals surface area contributed by atoms with Crippen molar-refractivity contribution in [3.8, 4) is 5.88 Å². The van der Waals surface area contributed by atoms with Gasteiger partial charge in [0, 0.05) is 6.07 Å². The molecule has 2 aromatic rings. The Balaban J connectivity index is 1.71. The molecular weight excluding hydrogens is 216 g/mol. The zero-order chi connectivity index (χ0) is 11.7. The Morgan fingerprint density at radius 1 is 1.24 bits per heavy atom. The zero-order valence-corrected chi connectivity index (χ0v) is 9.91. The van der Waals surface area contributed by atoms with E-state index in [-0.39, 0.29) is 0 Å². The summed E-state index contributed by atoms with van der Waals surface area (Å²) < 4.78 is 7.53. The van der Waals surface area contributed by atoms with Gasteiger partial charge in [-0.15, -0.1) is 15.3 Å². The van der Waals surface area contributed by atoms with Crippen LogP contribution in [0.4, 0.5) is 0 Å². The van der Waals surface area contributed by atoms with Gasteiger partial charge < -0.3 is 4.74 Å². The Morgan fingerprint density at radius 2 is 2.06 bits per heavy atom. The van der Waals surface area contributed by atoms with E-state index in [4.69, 9.17) is 4.74 Å². The van der Waals surface area contributed by atoms with E-state index in [9.17, 15) is 0 Å². The number of nitrogens with zero attached hydrogens (tertiary/aromatic N) is 4. The van der Waals surface area contributed by atoms with Crippen LogP contribution >= 0.6 is 0 Å². The highest BCUT2D eigenvalue weighted by Crippen LogP contribution is 2.26. The molecule has 0 bridgehead atoms. The molecule has 0 radical (unpaired) electrons. The summed E-state index contributed by atoms with van der Waals surface area (Å²) in [4.78, 5) is 0. The monoisotopic (exact) mass is 232 g/mol. The number of hydrogen-bond acceptors (Lipinski definition) is 4. The fraction of sp³-hybridized carbons (Fsp3) is 0.583. The molecule has 5 nitrogen and oxygen atoms in total. The Labute approximate surface area is 99.8 Å². The minimum atomic E-state index is 0.313. The first-order chi connectivity index (χ1) is 8.31. The Kier molecular flexibility index (Phi) is 2.66. The molecule has 2 aromatic heterocycles. The first kappa shape index (κ1) is 10.5. The van der Waals surface area contributed by atoms with Gasteiger partial charge in [0.1, 0.15) is 12.4 Å². The SMILES string of the molecule is CC1CCC(Oc2ccc3nncn3n2)CC1. The minimum absolute atomic E-state index is 0.313. The third kappa shape index (κ3) is 2.23. The number of ether oxygens (including phenoxy) is 1. The second-order valence-corrected chi connectivity index (χ2v) is 4.81. The quantitative estimate of drug-likeness (QED) is 0.795. The highest BCUT2D eigenvalue weighted by atomic mass is 16.5. The van der Waals surface area contributed by atoms with Gasteiger partial charge in [0.25, 0.3) is 0 Å². The van der Waals surface area contributed by atoms with E-state index in [1.54, 1.807) is 10.8 Å². The topological polar surface area (TPSA) is 52.3 Å². The van der Waals surface area contributed by atoms with Crippen molar-refractivity contribution in [2.75, 3.05) is 0 Å². The summed E-state index contributed by atoms with van der Waals surface area (Å²) in [5.41, 5.74) is 0.745. The molecule has 1 aliphatic carbocycles. The Hall–Kier alpha value is -1.65. The van der Waals surface area contributed by atoms with Crippen LogP contribution in [0.3, 0.4) is 0 Å². The van der Waals surface area contributed by atoms with E-state index in [1.807, 2.05) is 12.1 Å². The Bertz CT molecular complexity index is 502. The van der Waals surface area contributed by atoms with Crippen LogP contribution in [0.1, 0.15) is 32.6 Å². The predicted octanol–water partition coefficient (Wildman–Crippen LogP) is 2.08. The smallest absolute Gasteiger partial charge is 0.232 e. The number of rotatable bonds is 2. The van der Waals surface area contributed by atoms with E-state index in [2.05, 4.69) is 22.2 Å². The van der Waals surface area contributed by atoms with Gasteiger partial charge in [-0.2, -0.15) is 4.52 Å². The summed E-state index contributed by atoms with van der Waals surface area (Å²) >= 11 is 0. The van der Waals surface area contributed by atoms with Gasteiger partial charge in [-0.1, -0.05) is 6.92 Å². The van der Waals surface area contributed by atoms with Gasteiger partial charge in [0.15, 0.2) is 5.65 Å². The summed E-state index contributed by atoms with van der Waals surface area (Å²) in [6, 6.07) is 3.74. The van der Waals surface area contributed by atoms with Crippen molar-refractivity contribution in [3.05, 3.63) is 18.5 Å². The third-order valence-electron chi connectivity index (χ3n) is 3.39. The van der Waals surface area contributed by atoms with E-state index >= 15 is 0 Å². The van der Waals surface area contributed by atoms with Crippen LogP contribution in [0.25, 0.3) is 5.65 Å². The second kappa shape index (κ2) is 4.31. The van der Waals surface area contributed by atoms with E-state index in [1.165, 1.54) is 12.8 Å². The fourth-order valence-electron chi connectivity index (χ4n) is 2.29. The van der Waals surface area contributed by atoms with Crippen molar-refractivity contribution in [1.29, 1.82) is 0 Å². The average Bonchev–Trinajstić information content (AvgIpc) is 2.79. The molecule has 0 aliphatic heterocycles. The molecule has 2 heterocycles. The van der Waals surface area contributed by atoms with Gasteiger partial charge >= 0.3 is 0 Å². The summed E-state index contributed by atoms with van der Waals surface area (Å²) in [5.74, 6) is 1.50. The lowest BCUT2D eigenvalue weighted by Crippen LogP contribution is -2.23. The van der Waals surface area contributed by atoms with Gasteiger partial charge in [-0.25, -0.2) is 0 Å². The van der Waals surface area contributed by atoms with Crippen LogP contribution in [0, 0.1) is 5.92 Å². The van der Waals surface area contributed by atoms with Crippen molar-refractivity contribution in [2.45, 2.75) is 38.7 Å². The minimum Gasteiger partial charge on any atom is -0.473 e. The third-order valence-corrected chi connectivity index (χ3v) is 3.39. The number of fused-ring (bicyclic) bond motifs is 1. The molecule has 0 saturated heterocycles. The number of hydrogen-bond donors (Lipinski definition) is 0. The van der Waals surface area contributed by atoms with Crippen LogP contribution in [0.15, 0.2) is 18.5 Å². The van der Waals surface area contributed by atoms with Crippen LogP contribution in [0.5, 0.6) is 5.88 Å². The van der Waals surface area contributed by atoms with Crippen molar-refractivity contribution in [2.24, 2.45) is 5.92 Å². The highest BCUT2D eigenvalue weighted by Gasteiger charge is 2.19. The van der Waals surface area contributed by atoms with Crippen LogP contribution in [-0.4, -0.2) is 25.9 Å². The van der Waals surface area contributed by atoms with Crippen LogP contribution < -0.4 is 4.74 Å². The largest absolute Gasteiger partial charge is 0.473 e. The van der Waals surface area contributed by atoms with Crippen LogP contribution in [0.2, 0.25) is 0 Å². The molecule has 1 saturated carbocycles. The molecule has 0 spiro atoms. The van der Waals surface area contributed by atoms with E-state index < -0.39 is 0 Å². The van der Waals surface area contributed by atoms with Gasteiger partial charge in [0.05, 0.1) is 0 Å². The average molecular weight is 232 g/mol. The molecule has 3 rings (SSSR count). The summed E-state index contributed by atoms with van der Waals surface area (Å²) in [7, 11) is 0. The molecule has 17 heavy (non-hydrogen) atoms. The lowest BCUT2D eigenvalue weighted by atomic mass is 9.89. The van der Waals surface area contributed by atoms with Crippen molar-refractivity contribution in [3.63, 3.8) is 0 Å². The first-order valence-electron chi connectivity index (χ1n) is 6.15. The molecule has 0 atom stereocenters. The molecular formula is C12H16N4O. The van der Waals surface area contributed by atoms with Crippen molar-refractivity contribution >= 4 is 5.65 Å². The second-order valence-electron chi connectivity index (χ2n) is 4.81. The highest BCUT2D eigenvalue weighted by molar-refractivity contribution is 5.35. The lowest BCUT2D eigenvalue weighted by molar-refractivity contribution is 0.128. The maximum atomic E-state index is 5.89. The van der Waals surface area contributed by atoms with Gasteiger partial charge in [-0.3, -0.25) is 0 Å². The Morgan fingerprint density at radius 3 is 2.88 bits per heavy atom. The standard InChI is InChI=1S/C12H16N4O/c1-9-2-4-10(5-3-9)17-12-7-6-11-14-13-8-16(11)15-12/h6-10H,2-5H2,1H3. The predicted molar refractivity (Wildman–Crippen MR) is 62.8 cm³/mol. The maximum absolute atomic E-state index is 5.89. The lowest BCUT2D eigenvalue weighted by Gasteiger charge is -2.26. The summed E-state index contributed by atoms with van der Waals surface area (Å²) in [6.45, 7) is 2.30. The van der Waals surface area contributed by atoms with Crippen molar-refractivity contribution in [1.82, 2.24) is 19.8 Å². The van der Waals surface area contributed by atoms with E-state index in [0.29, 0.717) is 12.0 Å². The molecule has 0 aromatic carbocycles. The molecule has 0 unspecified atom stereocenters.